The van der Waals surface area contributed by atoms with Gasteiger partial charge in [-0.25, -0.2) is 4.79 Å². The Hall–Kier alpha value is -4.26. The number of alkyl carbamates (subject to hydrolysis) is 1. The number of nitriles is 1. The van der Waals surface area contributed by atoms with E-state index in [0.29, 0.717) is 11.4 Å². The molecule has 2 unspecified atom stereocenters. The highest BCUT2D eigenvalue weighted by Crippen LogP contribution is 2.30. The largest absolute Gasteiger partial charge is 0.508 e. The van der Waals surface area contributed by atoms with Crippen molar-refractivity contribution in [2.24, 2.45) is 0 Å². The average molecular weight is 483 g/mol. The number of phenolic OH excluding ortho intramolecular Hbond substituents is 1. The number of hydrogen-bond acceptors (Lipinski definition) is 7. The Morgan fingerprint density at radius 2 is 1.74 bits per heavy atom. The number of carbonyl (C=O) groups is 3. The highest BCUT2D eigenvalue weighted by Gasteiger charge is 2.36. The number of methoxy groups -OCH3 is 1. The summed E-state index contributed by atoms with van der Waals surface area (Å²) in [6, 6.07) is 11.9. The Balaban J connectivity index is 2.39. The van der Waals surface area contributed by atoms with E-state index in [0.717, 1.165) is 4.90 Å². The Kier molecular flexibility index (Phi) is 9.05. The molecule has 0 aliphatic heterocycles. The minimum Gasteiger partial charge on any atom is -0.508 e. The van der Waals surface area contributed by atoms with Gasteiger partial charge in [0.15, 0.2) is 0 Å². The normalized spacial score (nSPS) is 12.5. The number of nitrogens with zero attached hydrogens (tertiary/aromatic N) is 2. The zero-order valence-electron chi connectivity index (χ0n) is 20.4. The molecule has 0 saturated heterocycles. The highest BCUT2D eigenvalue weighted by atomic mass is 16.6. The summed E-state index contributed by atoms with van der Waals surface area (Å²) in [6.45, 7) is 5.98. The predicted molar refractivity (Wildman–Crippen MR) is 129 cm³/mol. The maximum absolute atomic E-state index is 13.4. The quantitative estimate of drug-likeness (QED) is 0.490. The van der Waals surface area contributed by atoms with Crippen LogP contribution in [0.4, 0.5) is 10.5 Å². The van der Waals surface area contributed by atoms with Crippen molar-refractivity contribution in [1.29, 1.82) is 5.26 Å². The molecule has 2 atom stereocenters. The number of ether oxygens (including phenoxy) is 2. The molecule has 0 spiro atoms. The summed E-state index contributed by atoms with van der Waals surface area (Å²) in [7, 11) is 1.51. The first-order valence-corrected chi connectivity index (χ1v) is 10.9. The Morgan fingerprint density at radius 1 is 1.11 bits per heavy atom. The SMILES string of the molecule is COc1ccc(NC(=O)C(c2ccccc2O)N(CC#N)C(=O)C(C)NC(=O)OC(C)(C)C)cc1. The fourth-order valence-electron chi connectivity index (χ4n) is 3.22. The van der Waals surface area contributed by atoms with Gasteiger partial charge in [-0.3, -0.25) is 9.59 Å². The van der Waals surface area contributed by atoms with Gasteiger partial charge in [0.05, 0.1) is 13.2 Å². The molecule has 3 amide bonds. The molecule has 35 heavy (non-hydrogen) atoms. The number of nitrogens with one attached hydrogen (secondary N) is 2. The number of phenols is 1. The second-order valence-corrected chi connectivity index (χ2v) is 8.67. The molecule has 0 saturated carbocycles. The molecular formula is C25H30N4O6. The van der Waals surface area contributed by atoms with Gasteiger partial charge in [-0.15, -0.1) is 0 Å². The van der Waals surface area contributed by atoms with E-state index in [1.807, 2.05) is 6.07 Å². The van der Waals surface area contributed by atoms with Gasteiger partial charge in [0.25, 0.3) is 5.91 Å². The van der Waals surface area contributed by atoms with Gasteiger partial charge < -0.3 is 30.1 Å². The first-order valence-electron chi connectivity index (χ1n) is 10.9. The third-order valence-electron chi connectivity index (χ3n) is 4.78. The summed E-state index contributed by atoms with van der Waals surface area (Å²) in [5.41, 5.74) is -0.248. The number of rotatable bonds is 8. The van der Waals surface area contributed by atoms with E-state index >= 15 is 0 Å². The third kappa shape index (κ3) is 7.64. The smallest absolute Gasteiger partial charge is 0.408 e. The second kappa shape index (κ2) is 11.7. The molecule has 0 aliphatic carbocycles. The molecule has 0 fully saturated rings. The van der Waals surface area contributed by atoms with Gasteiger partial charge >= 0.3 is 6.09 Å². The maximum Gasteiger partial charge on any atom is 0.408 e. The summed E-state index contributed by atoms with van der Waals surface area (Å²) in [5.74, 6) is -1.02. The molecule has 10 nitrogen and oxygen atoms in total. The van der Waals surface area contributed by atoms with Crippen LogP contribution in [0.2, 0.25) is 0 Å². The molecule has 10 heteroatoms. The molecule has 2 aromatic rings. The van der Waals surface area contributed by atoms with E-state index in [9.17, 15) is 24.8 Å². The second-order valence-electron chi connectivity index (χ2n) is 8.67. The summed E-state index contributed by atoms with van der Waals surface area (Å²) in [4.78, 5) is 39.9. The fraction of sp³-hybridized carbons (Fsp3) is 0.360. The van der Waals surface area contributed by atoms with Crippen LogP contribution in [0.1, 0.15) is 39.3 Å². The van der Waals surface area contributed by atoms with Gasteiger partial charge in [-0.05, 0) is 58.0 Å². The molecular weight excluding hydrogens is 452 g/mol. The van der Waals surface area contributed by atoms with Crippen LogP contribution in [0.15, 0.2) is 48.5 Å². The van der Waals surface area contributed by atoms with Crippen LogP contribution in [0.5, 0.6) is 11.5 Å². The summed E-state index contributed by atoms with van der Waals surface area (Å²) in [6.07, 6.45) is -0.822. The van der Waals surface area contributed by atoms with Gasteiger partial charge in [-0.2, -0.15) is 5.26 Å². The molecule has 0 aromatic heterocycles. The van der Waals surface area contributed by atoms with Crippen LogP contribution in [-0.4, -0.2) is 53.2 Å². The number of benzene rings is 2. The van der Waals surface area contributed by atoms with Crippen molar-refractivity contribution in [3.8, 4) is 17.6 Å². The van der Waals surface area contributed by atoms with Crippen molar-refractivity contribution in [1.82, 2.24) is 10.2 Å². The monoisotopic (exact) mass is 482 g/mol. The van der Waals surface area contributed by atoms with Crippen molar-refractivity contribution >= 4 is 23.6 Å². The lowest BCUT2D eigenvalue weighted by atomic mass is 10.0. The van der Waals surface area contributed by atoms with E-state index in [1.54, 1.807) is 57.2 Å². The number of hydrogen-bond donors (Lipinski definition) is 3. The van der Waals surface area contributed by atoms with Crippen LogP contribution in [0.3, 0.4) is 0 Å². The van der Waals surface area contributed by atoms with Gasteiger partial charge in [0.1, 0.15) is 35.7 Å². The Bertz CT molecular complexity index is 1090. The molecule has 0 aliphatic rings. The lowest BCUT2D eigenvalue weighted by molar-refractivity contribution is -0.139. The van der Waals surface area contributed by atoms with Crippen molar-refractivity contribution in [2.45, 2.75) is 45.4 Å². The topological polar surface area (TPSA) is 141 Å². The van der Waals surface area contributed by atoms with Crippen molar-refractivity contribution in [3.05, 3.63) is 54.1 Å². The minimum atomic E-state index is -1.37. The number of para-hydroxylation sites is 1. The fourth-order valence-corrected chi connectivity index (χ4v) is 3.22. The number of aromatic hydroxyl groups is 1. The van der Waals surface area contributed by atoms with Crippen molar-refractivity contribution < 1.29 is 29.0 Å². The van der Waals surface area contributed by atoms with E-state index in [2.05, 4.69) is 10.6 Å². The van der Waals surface area contributed by atoms with Crippen LogP contribution in [-0.2, 0) is 14.3 Å². The number of anilines is 1. The standard InChI is InChI=1S/C25H30N4O6/c1-16(27-24(33)35-25(2,3)4)23(32)29(15-14-26)21(19-8-6-7-9-20(19)30)22(31)28-17-10-12-18(34-5)13-11-17/h6-13,16,21,30H,15H2,1-5H3,(H,27,33)(H,28,31). The first-order chi connectivity index (χ1) is 16.5. The summed E-state index contributed by atoms with van der Waals surface area (Å²) >= 11 is 0. The third-order valence-corrected chi connectivity index (χ3v) is 4.78. The Labute approximate surface area is 204 Å². The zero-order chi connectivity index (χ0) is 26.2. The van der Waals surface area contributed by atoms with Crippen molar-refractivity contribution in [2.75, 3.05) is 19.0 Å². The van der Waals surface area contributed by atoms with E-state index in [-0.39, 0.29) is 11.3 Å². The van der Waals surface area contributed by atoms with Gasteiger partial charge in [0, 0.05) is 11.3 Å². The average Bonchev–Trinajstić information content (AvgIpc) is 2.78. The van der Waals surface area contributed by atoms with Crippen molar-refractivity contribution in [3.63, 3.8) is 0 Å². The van der Waals surface area contributed by atoms with Crippen LogP contribution in [0.25, 0.3) is 0 Å². The molecule has 2 rings (SSSR count). The molecule has 2 aromatic carbocycles. The van der Waals surface area contributed by atoms with Crippen LogP contribution in [0, 0.1) is 11.3 Å². The lowest BCUT2D eigenvalue weighted by Crippen LogP contribution is -2.51. The maximum atomic E-state index is 13.4. The van der Waals surface area contributed by atoms with Crippen LogP contribution >= 0.6 is 0 Å². The number of amides is 3. The summed E-state index contributed by atoms with van der Waals surface area (Å²) < 4.78 is 10.3. The lowest BCUT2D eigenvalue weighted by Gasteiger charge is -2.32. The van der Waals surface area contributed by atoms with Gasteiger partial charge in [-0.1, -0.05) is 18.2 Å². The molecule has 0 radical (unpaired) electrons. The predicted octanol–water partition coefficient (Wildman–Crippen LogP) is 3.35. The molecule has 0 bridgehead atoms. The van der Waals surface area contributed by atoms with E-state index < -0.39 is 42.1 Å². The molecule has 0 heterocycles. The van der Waals surface area contributed by atoms with Gasteiger partial charge in [0.2, 0.25) is 5.91 Å². The zero-order valence-corrected chi connectivity index (χ0v) is 20.4. The minimum absolute atomic E-state index is 0.117. The Morgan fingerprint density at radius 3 is 2.29 bits per heavy atom. The molecule has 3 N–H and O–H groups in total. The number of carbonyl (C=O) groups excluding carboxylic acids is 3. The first kappa shape index (κ1) is 27.0. The van der Waals surface area contributed by atoms with Crippen LogP contribution < -0.4 is 15.4 Å². The highest BCUT2D eigenvalue weighted by molar-refractivity contribution is 5.99. The summed E-state index contributed by atoms with van der Waals surface area (Å²) in [5, 5.41) is 25.0. The molecule has 186 valence electrons. The van der Waals surface area contributed by atoms with E-state index in [4.69, 9.17) is 9.47 Å². The van der Waals surface area contributed by atoms with E-state index in [1.165, 1.54) is 26.2 Å².